The van der Waals surface area contributed by atoms with E-state index in [1.165, 1.54) is 4.68 Å². The van der Waals surface area contributed by atoms with Gasteiger partial charge in [-0.3, -0.25) is 0 Å². The first-order chi connectivity index (χ1) is 5.83. The second kappa shape index (κ2) is 2.20. The lowest BCUT2D eigenvalue weighted by Crippen LogP contribution is -2.10. The van der Waals surface area contributed by atoms with E-state index in [9.17, 15) is 0 Å². The van der Waals surface area contributed by atoms with Crippen molar-refractivity contribution in [1.29, 1.82) is 5.26 Å². The molecule has 2 aromatic rings. The first-order valence-electron chi connectivity index (χ1n) is 3.31. The van der Waals surface area contributed by atoms with Crippen molar-refractivity contribution in [2.75, 3.05) is 5.84 Å². The van der Waals surface area contributed by atoms with E-state index in [0.29, 0.717) is 11.2 Å². The molecule has 0 radical (unpaired) electrons. The standard InChI is InChI=1S/C7H5N5/c8-4-6-11-5-2-1-3-10-7(5)12(6)9/h1-3H,9H2. The first-order valence-corrected chi connectivity index (χ1v) is 3.31. The molecular formula is C7H5N5. The topological polar surface area (TPSA) is 80.5 Å². The second-order valence-electron chi connectivity index (χ2n) is 2.26. The molecule has 0 bridgehead atoms. The van der Waals surface area contributed by atoms with Crippen LogP contribution in [0, 0.1) is 11.3 Å². The minimum absolute atomic E-state index is 0.170. The Hall–Kier alpha value is -2.09. The van der Waals surface area contributed by atoms with Crippen LogP contribution in [0.3, 0.4) is 0 Å². The Morgan fingerprint density at radius 1 is 1.58 bits per heavy atom. The van der Waals surface area contributed by atoms with Crippen LogP contribution < -0.4 is 5.84 Å². The molecule has 2 aromatic heterocycles. The summed E-state index contributed by atoms with van der Waals surface area (Å²) in [5.41, 5.74) is 1.16. The van der Waals surface area contributed by atoms with Gasteiger partial charge in [0.1, 0.15) is 11.6 Å². The van der Waals surface area contributed by atoms with Crippen LogP contribution in [0.15, 0.2) is 18.3 Å². The van der Waals surface area contributed by atoms with Crippen LogP contribution in [0.4, 0.5) is 0 Å². The van der Waals surface area contributed by atoms with Gasteiger partial charge < -0.3 is 5.84 Å². The summed E-state index contributed by atoms with van der Waals surface area (Å²) in [6, 6.07) is 5.37. The number of nitrogen functional groups attached to an aromatic ring is 1. The van der Waals surface area contributed by atoms with Crippen molar-refractivity contribution in [2.24, 2.45) is 0 Å². The van der Waals surface area contributed by atoms with Gasteiger partial charge in [0.25, 0.3) is 0 Å². The molecule has 58 valence electrons. The predicted molar refractivity (Wildman–Crippen MR) is 42.4 cm³/mol. The number of nitrogens with two attached hydrogens (primary N) is 1. The minimum Gasteiger partial charge on any atom is -0.335 e. The highest BCUT2D eigenvalue weighted by Gasteiger charge is 2.06. The largest absolute Gasteiger partial charge is 0.335 e. The summed E-state index contributed by atoms with van der Waals surface area (Å²) >= 11 is 0. The molecule has 0 aliphatic rings. The lowest BCUT2D eigenvalue weighted by Gasteiger charge is -1.91. The van der Waals surface area contributed by atoms with Crippen LogP contribution in [-0.4, -0.2) is 14.6 Å². The maximum atomic E-state index is 8.58. The second-order valence-corrected chi connectivity index (χ2v) is 2.26. The molecule has 0 saturated carbocycles. The number of nitriles is 1. The zero-order valence-corrected chi connectivity index (χ0v) is 6.10. The maximum Gasteiger partial charge on any atom is 0.233 e. The third-order valence-electron chi connectivity index (χ3n) is 1.55. The van der Waals surface area contributed by atoms with Crippen molar-refractivity contribution in [1.82, 2.24) is 14.6 Å². The number of nitrogens with zero attached hydrogens (tertiary/aromatic N) is 4. The summed E-state index contributed by atoms with van der Waals surface area (Å²) in [5.74, 6) is 5.69. The van der Waals surface area contributed by atoms with Gasteiger partial charge in [0.05, 0.1) is 0 Å². The Kier molecular flexibility index (Phi) is 1.21. The summed E-state index contributed by atoms with van der Waals surface area (Å²) in [5, 5.41) is 8.58. The molecule has 5 heteroatoms. The Labute approximate surface area is 68.0 Å². The lowest BCUT2D eigenvalue weighted by molar-refractivity contribution is 0.983. The van der Waals surface area contributed by atoms with Gasteiger partial charge in [0.2, 0.25) is 5.82 Å². The van der Waals surface area contributed by atoms with Gasteiger partial charge >= 0.3 is 0 Å². The minimum atomic E-state index is 0.170. The fourth-order valence-corrected chi connectivity index (χ4v) is 1.01. The van der Waals surface area contributed by atoms with E-state index in [0.717, 1.165) is 0 Å². The Bertz CT molecular complexity index is 464. The van der Waals surface area contributed by atoms with E-state index in [4.69, 9.17) is 11.1 Å². The van der Waals surface area contributed by atoms with Crippen molar-refractivity contribution < 1.29 is 0 Å². The van der Waals surface area contributed by atoms with E-state index < -0.39 is 0 Å². The smallest absolute Gasteiger partial charge is 0.233 e. The molecule has 0 spiro atoms. The highest BCUT2D eigenvalue weighted by atomic mass is 15.3. The van der Waals surface area contributed by atoms with E-state index in [1.807, 2.05) is 6.07 Å². The molecule has 0 fully saturated rings. The van der Waals surface area contributed by atoms with E-state index in [2.05, 4.69) is 9.97 Å². The van der Waals surface area contributed by atoms with Crippen molar-refractivity contribution in [3.8, 4) is 6.07 Å². The highest BCUT2D eigenvalue weighted by Crippen LogP contribution is 2.08. The van der Waals surface area contributed by atoms with Crippen LogP contribution >= 0.6 is 0 Å². The number of hydrogen-bond donors (Lipinski definition) is 1. The summed E-state index contributed by atoms with van der Waals surface area (Å²) in [7, 11) is 0. The zero-order valence-electron chi connectivity index (χ0n) is 6.10. The molecule has 0 saturated heterocycles. The molecule has 2 rings (SSSR count). The molecule has 2 heterocycles. The van der Waals surface area contributed by atoms with Crippen LogP contribution in [0.2, 0.25) is 0 Å². The summed E-state index contributed by atoms with van der Waals surface area (Å²) < 4.78 is 1.18. The lowest BCUT2D eigenvalue weighted by atomic mass is 10.4. The van der Waals surface area contributed by atoms with Gasteiger partial charge in [0.15, 0.2) is 5.65 Å². The SMILES string of the molecule is N#Cc1nc2cccnc2n1N. The van der Waals surface area contributed by atoms with E-state index in [-0.39, 0.29) is 5.82 Å². The quantitative estimate of drug-likeness (QED) is 0.549. The fraction of sp³-hybridized carbons (Fsp3) is 0. The zero-order chi connectivity index (χ0) is 8.55. The highest BCUT2D eigenvalue weighted by molar-refractivity contribution is 5.71. The first kappa shape index (κ1) is 6.61. The number of rotatable bonds is 0. The third-order valence-corrected chi connectivity index (χ3v) is 1.55. The summed E-state index contributed by atoms with van der Waals surface area (Å²) in [6.07, 6.45) is 1.61. The average Bonchev–Trinajstić information content (AvgIpc) is 2.44. The number of fused-ring (bicyclic) bond motifs is 1. The van der Waals surface area contributed by atoms with Gasteiger partial charge in [-0.2, -0.15) is 5.26 Å². The van der Waals surface area contributed by atoms with Gasteiger partial charge in [-0.25, -0.2) is 14.6 Å². The Balaban J connectivity index is 2.90. The average molecular weight is 159 g/mol. The monoisotopic (exact) mass is 159 g/mol. The summed E-state index contributed by atoms with van der Waals surface area (Å²) in [6.45, 7) is 0. The molecule has 0 unspecified atom stereocenters. The van der Waals surface area contributed by atoms with Crippen LogP contribution in [0.25, 0.3) is 11.2 Å². The van der Waals surface area contributed by atoms with Crippen molar-refractivity contribution in [3.05, 3.63) is 24.2 Å². The van der Waals surface area contributed by atoms with Crippen LogP contribution in [0.5, 0.6) is 0 Å². The number of hydrogen-bond acceptors (Lipinski definition) is 4. The number of pyridine rings is 1. The van der Waals surface area contributed by atoms with E-state index >= 15 is 0 Å². The molecular weight excluding hydrogens is 154 g/mol. The predicted octanol–water partition coefficient (Wildman–Crippen LogP) is 0.0168. The van der Waals surface area contributed by atoms with Gasteiger partial charge in [0, 0.05) is 6.20 Å². The molecule has 0 aromatic carbocycles. The van der Waals surface area contributed by atoms with Crippen LogP contribution in [-0.2, 0) is 0 Å². The van der Waals surface area contributed by atoms with Crippen molar-refractivity contribution in [2.45, 2.75) is 0 Å². The number of imidazole rings is 1. The molecule has 2 N–H and O–H groups in total. The Morgan fingerprint density at radius 2 is 2.42 bits per heavy atom. The van der Waals surface area contributed by atoms with E-state index in [1.54, 1.807) is 18.3 Å². The van der Waals surface area contributed by atoms with Gasteiger partial charge in [-0.15, -0.1) is 0 Å². The third kappa shape index (κ3) is 0.720. The number of aromatic nitrogens is 3. The van der Waals surface area contributed by atoms with Crippen molar-refractivity contribution >= 4 is 11.2 Å². The maximum absolute atomic E-state index is 8.58. The van der Waals surface area contributed by atoms with Gasteiger partial charge in [-0.05, 0) is 12.1 Å². The Morgan fingerprint density at radius 3 is 3.08 bits per heavy atom. The molecule has 5 nitrogen and oxygen atoms in total. The normalized spacial score (nSPS) is 9.92. The molecule has 0 amide bonds. The molecule has 12 heavy (non-hydrogen) atoms. The summed E-state index contributed by atoms with van der Waals surface area (Å²) in [4.78, 5) is 7.92. The van der Waals surface area contributed by atoms with Gasteiger partial charge in [-0.1, -0.05) is 0 Å². The molecule has 0 atom stereocenters. The molecule has 0 aliphatic heterocycles. The fourth-order valence-electron chi connectivity index (χ4n) is 1.01. The van der Waals surface area contributed by atoms with Crippen LogP contribution in [0.1, 0.15) is 5.82 Å². The van der Waals surface area contributed by atoms with Crippen molar-refractivity contribution in [3.63, 3.8) is 0 Å². The molecule has 0 aliphatic carbocycles.